The van der Waals surface area contributed by atoms with Crippen LogP contribution in [0.3, 0.4) is 0 Å². The number of carbonyl (C=O) groups excluding carboxylic acids is 1. The van der Waals surface area contributed by atoms with Crippen molar-refractivity contribution < 1.29 is 4.79 Å². The predicted octanol–water partition coefficient (Wildman–Crippen LogP) is 2.59. The van der Waals surface area contributed by atoms with Crippen molar-refractivity contribution in [2.45, 2.75) is 25.2 Å². The highest BCUT2D eigenvalue weighted by molar-refractivity contribution is 9.10. The van der Waals surface area contributed by atoms with Crippen molar-refractivity contribution in [1.82, 2.24) is 5.32 Å². The Kier molecular flexibility index (Phi) is 5.17. The van der Waals surface area contributed by atoms with Crippen molar-refractivity contribution in [1.29, 1.82) is 5.26 Å². The van der Waals surface area contributed by atoms with Gasteiger partial charge in [0, 0.05) is 6.54 Å². The van der Waals surface area contributed by atoms with E-state index < -0.39 is 0 Å². The fourth-order valence-electron chi connectivity index (χ4n) is 1.29. The Morgan fingerprint density at radius 2 is 2.00 bits per heavy atom. The van der Waals surface area contributed by atoms with Crippen molar-refractivity contribution in [2.75, 3.05) is 0 Å². The SMILES string of the molecule is CC(C)C(Br)C(=O)NCc1ccc(C#N)cc1. The molecule has 3 nitrogen and oxygen atoms in total. The number of amides is 1. The maximum atomic E-state index is 11.7. The van der Waals surface area contributed by atoms with E-state index in [0.29, 0.717) is 12.1 Å². The summed E-state index contributed by atoms with van der Waals surface area (Å²) >= 11 is 3.35. The molecular formula is C13H15BrN2O. The summed E-state index contributed by atoms with van der Waals surface area (Å²) in [6.07, 6.45) is 0. The molecule has 0 aliphatic carbocycles. The lowest BCUT2D eigenvalue weighted by Crippen LogP contribution is -2.33. The quantitative estimate of drug-likeness (QED) is 0.868. The zero-order valence-corrected chi connectivity index (χ0v) is 11.5. The van der Waals surface area contributed by atoms with E-state index in [2.05, 4.69) is 27.3 Å². The molecule has 0 heterocycles. The van der Waals surface area contributed by atoms with Gasteiger partial charge in [-0.1, -0.05) is 41.9 Å². The summed E-state index contributed by atoms with van der Waals surface area (Å²) in [6, 6.07) is 9.24. The number of nitrogens with zero attached hydrogens (tertiary/aromatic N) is 1. The number of hydrogen-bond acceptors (Lipinski definition) is 2. The van der Waals surface area contributed by atoms with Crippen LogP contribution in [-0.4, -0.2) is 10.7 Å². The smallest absolute Gasteiger partial charge is 0.234 e. The predicted molar refractivity (Wildman–Crippen MR) is 70.6 cm³/mol. The Hall–Kier alpha value is -1.34. The third-order valence-electron chi connectivity index (χ3n) is 2.39. The minimum atomic E-state index is -0.166. The van der Waals surface area contributed by atoms with Gasteiger partial charge in [0.2, 0.25) is 5.91 Å². The fourth-order valence-corrected chi connectivity index (χ4v) is 1.45. The van der Waals surface area contributed by atoms with Crippen LogP contribution in [0.1, 0.15) is 25.0 Å². The minimum absolute atomic E-state index is 0.00985. The van der Waals surface area contributed by atoms with Gasteiger partial charge >= 0.3 is 0 Å². The third kappa shape index (κ3) is 4.20. The maximum Gasteiger partial charge on any atom is 0.234 e. The van der Waals surface area contributed by atoms with Gasteiger partial charge in [-0.2, -0.15) is 5.26 Å². The van der Waals surface area contributed by atoms with Crippen LogP contribution >= 0.6 is 15.9 Å². The molecular weight excluding hydrogens is 280 g/mol. The van der Waals surface area contributed by atoms with Crippen LogP contribution in [0, 0.1) is 17.2 Å². The number of carbonyl (C=O) groups is 1. The highest BCUT2D eigenvalue weighted by atomic mass is 79.9. The molecule has 0 aliphatic rings. The number of benzene rings is 1. The highest BCUT2D eigenvalue weighted by Gasteiger charge is 2.17. The molecule has 1 atom stereocenters. The molecule has 0 saturated carbocycles. The molecule has 0 bridgehead atoms. The molecule has 0 spiro atoms. The minimum Gasteiger partial charge on any atom is -0.351 e. The third-order valence-corrected chi connectivity index (χ3v) is 3.86. The molecule has 0 aliphatic heterocycles. The molecule has 1 N–H and O–H groups in total. The van der Waals surface area contributed by atoms with Gasteiger partial charge in [-0.25, -0.2) is 0 Å². The summed E-state index contributed by atoms with van der Waals surface area (Å²) in [7, 11) is 0. The zero-order chi connectivity index (χ0) is 12.8. The summed E-state index contributed by atoms with van der Waals surface area (Å²) < 4.78 is 0. The Balaban J connectivity index is 2.50. The van der Waals surface area contributed by atoms with Crippen LogP contribution in [0.4, 0.5) is 0 Å². The first-order valence-electron chi connectivity index (χ1n) is 5.45. The van der Waals surface area contributed by atoms with Gasteiger partial charge in [-0.15, -0.1) is 0 Å². The zero-order valence-electron chi connectivity index (χ0n) is 9.90. The average Bonchev–Trinajstić information content (AvgIpc) is 2.35. The summed E-state index contributed by atoms with van der Waals surface area (Å²) in [6.45, 7) is 4.46. The van der Waals surface area contributed by atoms with Crippen LogP contribution in [-0.2, 0) is 11.3 Å². The second-order valence-electron chi connectivity index (χ2n) is 4.17. The number of nitrogens with one attached hydrogen (secondary N) is 1. The summed E-state index contributed by atoms with van der Waals surface area (Å²) in [5.41, 5.74) is 1.61. The molecule has 1 unspecified atom stereocenters. The highest BCUT2D eigenvalue weighted by Crippen LogP contribution is 2.12. The topological polar surface area (TPSA) is 52.9 Å². The molecule has 1 aromatic rings. The fraction of sp³-hybridized carbons (Fsp3) is 0.385. The summed E-state index contributed by atoms with van der Waals surface area (Å²) in [5.74, 6) is 0.250. The van der Waals surface area contributed by atoms with Crippen LogP contribution in [0.15, 0.2) is 24.3 Å². The van der Waals surface area contributed by atoms with E-state index in [9.17, 15) is 4.79 Å². The van der Waals surface area contributed by atoms with Crippen LogP contribution in [0.2, 0.25) is 0 Å². The van der Waals surface area contributed by atoms with E-state index in [1.807, 2.05) is 26.0 Å². The van der Waals surface area contributed by atoms with Gasteiger partial charge in [0.15, 0.2) is 0 Å². The van der Waals surface area contributed by atoms with E-state index in [1.54, 1.807) is 12.1 Å². The van der Waals surface area contributed by atoms with Gasteiger partial charge in [-0.05, 0) is 23.6 Å². The van der Waals surface area contributed by atoms with Crippen molar-refractivity contribution in [3.05, 3.63) is 35.4 Å². The molecule has 4 heteroatoms. The Morgan fingerprint density at radius 3 is 2.47 bits per heavy atom. The number of alkyl halides is 1. The van der Waals surface area contributed by atoms with Crippen molar-refractivity contribution in [2.24, 2.45) is 5.92 Å². The number of rotatable bonds is 4. The van der Waals surface area contributed by atoms with Crippen LogP contribution in [0.5, 0.6) is 0 Å². The maximum absolute atomic E-state index is 11.7. The van der Waals surface area contributed by atoms with E-state index in [-0.39, 0.29) is 16.7 Å². The molecule has 0 saturated heterocycles. The Labute approximate surface area is 110 Å². The summed E-state index contributed by atoms with van der Waals surface area (Å²) in [4.78, 5) is 11.5. The molecule has 0 fully saturated rings. The normalized spacial score (nSPS) is 11.9. The van der Waals surface area contributed by atoms with Gasteiger partial charge in [-0.3, -0.25) is 4.79 Å². The first-order valence-corrected chi connectivity index (χ1v) is 6.37. The van der Waals surface area contributed by atoms with Crippen molar-refractivity contribution in [3.8, 4) is 6.07 Å². The van der Waals surface area contributed by atoms with Crippen molar-refractivity contribution in [3.63, 3.8) is 0 Å². The summed E-state index contributed by atoms with van der Waals surface area (Å²) in [5, 5.41) is 11.5. The van der Waals surface area contributed by atoms with E-state index >= 15 is 0 Å². The number of hydrogen-bond donors (Lipinski definition) is 1. The standard InChI is InChI=1S/C13H15BrN2O/c1-9(2)12(14)13(17)16-8-11-5-3-10(7-15)4-6-11/h3-6,9,12H,8H2,1-2H3,(H,16,17). The second-order valence-corrected chi connectivity index (χ2v) is 5.16. The molecule has 1 aromatic carbocycles. The molecule has 1 amide bonds. The molecule has 90 valence electrons. The van der Waals surface area contributed by atoms with Gasteiger partial charge in [0.25, 0.3) is 0 Å². The van der Waals surface area contributed by atoms with Crippen LogP contribution in [0.25, 0.3) is 0 Å². The molecule has 0 radical (unpaired) electrons. The van der Waals surface area contributed by atoms with Crippen LogP contribution < -0.4 is 5.32 Å². The van der Waals surface area contributed by atoms with E-state index in [0.717, 1.165) is 5.56 Å². The second kappa shape index (κ2) is 6.41. The van der Waals surface area contributed by atoms with Gasteiger partial charge < -0.3 is 5.32 Å². The molecule has 17 heavy (non-hydrogen) atoms. The van der Waals surface area contributed by atoms with Crippen molar-refractivity contribution >= 4 is 21.8 Å². The monoisotopic (exact) mass is 294 g/mol. The molecule has 0 aromatic heterocycles. The molecule has 1 rings (SSSR count). The number of halogens is 1. The first kappa shape index (κ1) is 13.7. The van der Waals surface area contributed by atoms with E-state index in [4.69, 9.17) is 5.26 Å². The first-order chi connectivity index (χ1) is 8.04. The lowest BCUT2D eigenvalue weighted by molar-refractivity contribution is -0.121. The lowest BCUT2D eigenvalue weighted by atomic mass is 10.1. The van der Waals surface area contributed by atoms with Gasteiger partial charge in [0.1, 0.15) is 0 Å². The largest absolute Gasteiger partial charge is 0.351 e. The Morgan fingerprint density at radius 1 is 1.41 bits per heavy atom. The average molecular weight is 295 g/mol. The lowest BCUT2D eigenvalue weighted by Gasteiger charge is -2.13. The number of nitriles is 1. The Bertz CT molecular complexity index is 420. The van der Waals surface area contributed by atoms with E-state index in [1.165, 1.54) is 0 Å². The van der Waals surface area contributed by atoms with Gasteiger partial charge in [0.05, 0.1) is 16.5 Å².